The first-order valence-electron chi connectivity index (χ1n) is 12.3. The highest BCUT2D eigenvalue weighted by Gasteiger charge is 2.34. The van der Waals surface area contributed by atoms with Gasteiger partial charge in [-0.25, -0.2) is 15.0 Å². The van der Waals surface area contributed by atoms with E-state index in [-0.39, 0.29) is 0 Å². The molecule has 4 heterocycles. The number of aromatic nitrogens is 3. The molecule has 0 unspecified atom stereocenters. The average Bonchev–Trinajstić information content (AvgIpc) is 2.84. The zero-order valence-electron chi connectivity index (χ0n) is 20.0. The molecule has 2 saturated heterocycles. The first kappa shape index (κ1) is 22.8. The number of piperazine rings is 1. The van der Waals surface area contributed by atoms with Crippen molar-refractivity contribution in [3.05, 3.63) is 42.1 Å². The molecular weight excluding hydrogens is 424 g/mol. The van der Waals surface area contributed by atoms with Crippen molar-refractivity contribution < 1.29 is 0 Å². The Bertz CT molecular complexity index is 1150. The summed E-state index contributed by atoms with van der Waals surface area (Å²) in [4.78, 5) is 26.0. The Morgan fingerprint density at radius 1 is 1.09 bits per heavy atom. The molecule has 0 saturated carbocycles. The molecule has 2 N–H and O–H groups in total. The lowest BCUT2D eigenvalue weighted by Gasteiger charge is -2.48. The molecule has 2 aliphatic heterocycles. The molecule has 0 spiro atoms. The molecule has 8 nitrogen and oxygen atoms in total. The van der Waals surface area contributed by atoms with Gasteiger partial charge in [0.1, 0.15) is 11.3 Å². The Morgan fingerprint density at radius 3 is 2.65 bits per heavy atom. The van der Waals surface area contributed by atoms with Gasteiger partial charge in [0.25, 0.3) is 0 Å². The lowest BCUT2D eigenvalue weighted by molar-refractivity contribution is 0.0831. The number of anilines is 1. The van der Waals surface area contributed by atoms with E-state index < -0.39 is 0 Å². The van der Waals surface area contributed by atoms with Crippen LogP contribution in [0.4, 0.5) is 11.5 Å². The summed E-state index contributed by atoms with van der Waals surface area (Å²) in [5, 5.41) is 0. The van der Waals surface area contributed by atoms with E-state index in [2.05, 4.69) is 50.5 Å². The molecule has 2 aromatic heterocycles. The van der Waals surface area contributed by atoms with E-state index in [0.29, 0.717) is 18.2 Å². The van der Waals surface area contributed by atoms with E-state index in [9.17, 15) is 0 Å². The Hall–Kier alpha value is -2.94. The first-order valence-corrected chi connectivity index (χ1v) is 12.3. The van der Waals surface area contributed by atoms with Gasteiger partial charge in [-0.1, -0.05) is 19.1 Å². The Morgan fingerprint density at radius 2 is 1.91 bits per heavy atom. The van der Waals surface area contributed by atoms with Crippen LogP contribution < -0.4 is 10.6 Å². The van der Waals surface area contributed by atoms with Crippen LogP contribution in [0.2, 0.25) is 0 Å². The van der Waals surface area contributed by atoms with Crippen LogP contribution in [0.3, 0.4) is 0 Å². The fourth-order valence-corrected chi connectivity index (χ4v) is 4.98. The molecule has 8 heteroatoms. The van der Waals surface area contributed by atoms with Gasteiger partial charge < -0.3 is 15.5 Å². The Balaban J connectivity index is 1.29. The Labute approximate surface area is 201 Å². The zero-order valence-corrected chi connectivity index (χ0v) is 20.0. The summed E-state index contributed by atoms with van der Waals surface area (Å²) < 4.78 is 0. The molecule has 0 bridgehead atoms. The summed E-state index contributed by atoms with van der Waals surface area (Å²) in [6.45, 7) is 14.5. The minimum atomic E-state index is 0.584. The molecule has 1 aromatic carbocycles. The summed E-state index contributed by atoms with van der Waals surface area (Å²) in [6.07, 6.45) is 3.89. The molecular formula is C26H34N8. The number of rotatable bonds is 8. The van der Waals surface area contributed by atoms with Gasteiger partial charge in [-0.15, -0.1) is 0 Å². The number of nitrogens with two attached hydrogens (primary N) is 1. The summed E-state index contributed by atoms with van der Waals surface area (Å²) in [7, 11) is 0. The molecule has 3 aromatic rings. The van der Waals surface area contributed by atoms with Crippen molar-refractivity contribution in [2.24, 2.45) is 10.7 Å². The maximum absolute atomic E-state index is 5.72. The standard InChI is InChI=1S/C26H34N8/c1-3-10-32-11-13-33(14-12-32)21-17-34(18-21)25-16-29-23-7-6-22(30-26(23)31-25)20-5-4-19(8-9-27)24(15-20)28-2/h4-7,15-16,21H,2-3,8-14,17-18,27H2,1H3. The van der Waals surface area contributed by atoms with Crippen molar-refractivity contribution >= 4 is 29.4 Å². The third-order valence-electron chi connectivity index (χ3n) is 7.01. The highest BCUT2D eigenvalue weighted by Crippen LogP contribution is 2.29. The quantitative estimate of drug-likeness (QED) is 0.520. The second kappa shape index (κ2) is 10.1. The van der Waals surface area contributed by atoms with Crippen molar-refractivity contribution in [1.29, 1.82) is 0 Å². The molecule has 0 amide bonds. The topological polar surface area (TPSA) is 86.8 Å². The highest BCUT2D eigenvalue weighted by molar-refractivity contribution is 5.77. The van der Waals surface area contributed by atoms with Gasteiger partial charge in [0.2, 0.25) is 0 Å². The third kappa shape index (κ3) is 4.66. The number of benzene rings is 1. The number of aliphatic imine (C=N–C) groups is 1. The monoisotopic (exact) mass is 458 g/mol. The van der Waals surface area contributed by atoms with Crippen LogP contribution >= 0.6 is 0 Å². The van der Waals surface area contributed by atoms with Gasteiger partial charge in [-0.2, -0.15) is 0 Å². The van der Waals surface area contributed by atoms with Crippen LogP contribution in [0.5, 0.6) is 0 Å². The minimum absolute atomic E-state index is 0.584. The number of hydrogen-bond donors (Lipinski definition) is 1. The summed E-state index contributed by atoms with van der Waals surface area (Å²) >= 11 is 0. The van der Waals surface area contributed by atoms with Crippen molar-refractivity contribution in [3.8, 4) is 11.3 Å². The zero-order chi connectivity index (χ0) is 23.5. The highest BCUT2D eigenvalue weighted by atomic mass is 15.4. The van der Waals surface area contributed by atoms with Crippen LogP contribution in [0, 0.1) is 0 Å². The van der Waals surface area contributed by atoms with E-state index >= 15 is 0 Å². The fraction of sp³-hybridized carbons (Fsp3) is 0.462. The van der Waals surface area contributed by atoms with Crippen molar-refractivity contribution in [1.82, 2.24) is 24.8 Å². The molecule has 2 aliphatic rings. The molecule has 34 heavy (non-hydrogen) atoms. The van der Waals surface area contributed by atoms with Crippen LogP contribution in [0.15, 0.2) is 41.5 Å². The number of hydrogen-bond acceptors (Lipinski definition) is 8. The molecule has 2 fully saturated rings. The van der Waals surface area contributed by atoms with Crippen molar-refractivity contribution in [2.45, 2.75) is 25.8 Å². The smallest absolute Gasteiger partial charge is 0.180 e. The van der Waals surface area contributed by atoms with E-state index in [1.54, 1.807) is 0 Å². The van der Waals surface area contributed by atoms with Gasteiger partial charge in [0, 0.05) is 50.9 Å². The minimum Gasteiger partial charge on any atom is -0.352 e. The second-order valence-electron chi connectivity index (χ2n) is 9.24. The van der Waals surface area contributed by atoms with Crippen LogP contribution in [0.1, 0.15) is 18.9 Å². The van der Waals surface area contributed by atoms with Gasteiger partial charge in [-0.05, 0) is 56.4 Å². The summed E-state index contributed by atoms with van der Waals surface area (Å²) in [5.74, 6) is 0.907. The lowest BCUT2D eigenvalue weighted by Crippen LogP contribution is -2.63. The summed E-state index contributed by atoms with van der Waals surface area (Å²) in [5.41, 5.74) is 11.0. The van der Waals surface area contributed by atoms with Crippen LogP contribution in [-0.2, 0) is 6.42 Å². The molecule has 178 valence electrons. The predicted molar refractivity (Wildman–Crippen MR) is 139 cm³/mol. The molecule has 0 atom stereocenters. The van der Waals surface area contributed by atoms with E-state index in [0.717, 1.165) is 53.4 Å². The van der Waals surface area contributed by atoms with Gasteiger partial charge >= 0.3 is 0 Å². The Kier molecular flexibility index (Phi) is 6.80. The van der Waals surface area contributed by atoms with Crippen LogP contribution in [-0.4, -0.2) is 89.9 Å². The maximum atomic E-state index is 5.72. The van der Waals surface area contributed by atoms with Crippen LogP contribution in [0.25, 0.3) is 22.4 Å². The molecule has 0 aliphatic carbocycles. The lowest BCUT2D eigenvalue weighted by atomic mass is 10.0. The number of fused-ring (bicyclic) bond motifs is 1. The van der Waals surface area contributed by atoms with Gasteiger partial charge in [0.05, 0.1) is 17.6 Å². The second-order valence-corrected chi connectivity index (χ2v) is 9.24. The van der Waals surface area contributed by atoms with Crippen molar-refractivity contribution in [2.75, 3.05) is 57.3 Å². The van der Waals surface area contributed by atoms with E-state index in [4.69, 9.17) is 15.7 Å². The average molecular weight is 459 g/mol. The SMILES string of the molecule is C=Nc1cc(-c2ccc3ncc(N4CC(N5CCN(CCC)CC5)C4)nc3n2)ccc1CCN. The van der Waals surface area contributed by atoms with Gasteiger partial charge in [-0.3, -0.25) is 9.89 Å². The van der Waals surface area contributed by atoms with E-state index in [1.807, 2.05) is 24.4 Å². The summed E-state index contributed by atoms with van der Waals surface area (Å²) in [6, 6.07) is 10.7. The normalized spacial score (nSPS) is 17.8. The predicted octanol–water partition coefficient (Wildman–Crippen LogP) is 2.74. The third-order valence-corrected chi connectivity index (χ3v) is 7.01. The molecule has 0 radical (unpaired) electrons. The number of pyridine rings is 1. The maximum Gasteiger partial charge on any atom is 0.180 e. The fourth-order valence-electron chi connectivity index (χ4n) is 4.98. The van der Waals surface area contributed by atoms with Crippen molar-refractivity contribution in [3.63, 3.8) is 0 Å². The molecule has 5 rings (SSSR count). The van der Waals surface area contributed by atoms with Gasteiger partial charge in [0.15, 0.2) is 5.65 Å². The van der Waals surface area contributed by atoms with E-state index in [1.165, 1.54) is 39.1 Å². The largest absolute Gasteiger partial charge is 0.352 e. The number of nitrogens with zero attached hydrogens (tertiary/aromatic N) is 7. The first-order chi connectivity index (χ1) is 16.7.